The molecule has 42 heavy (non-hydrogen) atoms. The van der Waals surface area contributed by atoms with Gasteiger partial charge in [-0.2, -0.15) is 21.6 Å². The summed E-state index contributed by atoms with van der Waals surface area (Å²) in [5, 5.41) is 18.7. The Morgan fingerprint density at radius 2 is 1.12 bits per heavy atom. The standard InChI is InChI=1S/C31H53F3O6S2/c1-2-3-4-5-6-7-8-9-10-11-12-13-14-15-16-17-18-28-19-21-29(22-20-28)30(37)27-41(25-23-35,26-24-36)40-42(38,39)31(32,33)34/h19-22,35-36H,2-18,23-27H2,1H3. The Bertz CT molecular complexity index is 946. The van der Waals surface area contributed by atoms with Crippen LogP contribution < -0.4 is 0 Å². The molecule has 0 heterocycles. The molecule has 0 bridgehead atoms. The highest BCUT2D eigenvalue weighted by molar-refractivity contribution is 8.33. The van der Waals surface area contributed by atoms with Crippen LogP contribution >= 0.6 is 10.3 Å². The molecular weight excluding hydrogens is 589 g/mol. The Balaban J connectivity index is 2.35. The van der Waals surface area contributed by atoms with E-state index in [0.29, 0.717) is 0 Å². The van der Waals surface area contributed by atoms with Gasteiger partial charge in [-0.15, -0.1) is 10.3 Å². The lowest BCUT2D eigenvalue weighted by atomic mass is 10.0. The Kier molecular flexibility index (Phi) is 19.9. The number of hydrogen-bond donors (Lipinski definition) is 2. The number of carbonyl (C=O) groups is 1. The molecule has 11 heteroatoms. The molecule has 0 spiro atoms. The van der Waals surface area contributed by atoms with Gasteiger partial charge in [-0.05, 0) is 18.4 Å². The Hall–Kier alpha value is -1.14. The molecule has 0 aliphatic rings. The van der Waals surface area contributed by atoms with Crippen LogP contribution in [0.3, 0.4) is 0 Å². The second-order valence-corrected chi connectivity index (χ2v) is 16.1. The van der Waals surface area contributed by atoms with Gasteiger partial charge in [0.05, 0.1) is 19.0 Å². The van der Waals surface area contributed by atoms with E-state index in [1.54, 1.807) is 24.3 Å². The van der Waals surface area contributed by atoms with Crippen LogP contribution in [0, 0.1) is 0 Å². The third-order valence-corrected chi connectivity index (χ3v) is 12.5. The minimum absolute atomic E-state index is 0.214. The van der Waals surface area contributed by atoms with Crippen molar-refractivity contribution in [1.82, 2.24) is 0 Å². The SMILES string of the molecule is CCCCCCCCCCCCCCCCCCc1ccc(C(=O)CS(CCO)(CCO)OS(=O)(=O)C(F)(F)F)cc1. The molecule has 0 unspecified atom stereocenters. The summed E-state index contributed by atoms with van der Waals surface area (Å²) in [6.45, 7) is 0.878. The topological polar surface area (TPSA) is 101 Å². The van der Waals surface area contributed by atoms with Crippen molar-refractivity contribution in [2.24, 2.45) is 0 Å². The highest BCUT2D eigenvalue weighted by atomic mass is 32.3. The highest BCUT2D eigenvalue weighted by Crippen LogP contribution is 2.52. The summed E-state index contributed by atoms with van der Waals surface area (Å²) < 4.78 is 66.7. The maximum atomic E-state index is 12.9. The smallest absolute Gasteiger partial charge is 0.395 e. The number of carbonyl (C=O) groups excluding carboxylic acids is 1. The lowest BCUT2D eigenvalue weighted by Crippen LogP contribution is -2.33. The van der Waals surface area contributed by atoms with Gasteiger partial charge in [-0.3, -0.25) is 4.79 Å². The average Bonchev–Trinajstić information content (AvgIpc) is 2.92. The molecule has 6 nitrogen and oxygen atoms in total. The Morgan fingerprint density at radius 3 is 1.50 bits per heavy atom. The first-order valence-corrected chi connectivity index (χ1v) is 19.1. The fraction of sp³-hybridized carbons (Fsp3) is 0.774. The van der Waals surface area contributed by atoms with Gasteiger partial charge in [-0.25, -0.2) is 3.63 Å². The second-order valence-electron chi connectivity index (χ2n) is 11.1. The summed E-state index contributed by atoms with van der Waals surface area (Å²) in [6, 6.07) is 6.73. The van der Waals surface area contributed by atoms with Crippen molar-refractivity contribution in [3.05, 3.63) is 35.4 Å². The zero-order valence-corrected chi connectivity index (χ0v) is 27.0. The molecule has 0 saturated carbocycles. The van der Waals surface area contributed by atoms with Gasteiger partial charge in [0.25, 0.3) is 0 Å². The van der Waals surface area contributed by atoms with Crippen LogP contribution in [0.2, 0.25) is 0 Å². The van der Waals surface area contributed by atoms with Crippen LogP contribution in [0.5, 0.6) is 0 Å². The van der Waals surface area contributed by atoms with E-state index in [-0.39, 0.29) is 5.56 Å². The fourth-order valence-electron chi connectivity index (χ4n) is 4.96. The summed E-state index contributed by atoms with van der Waals surface area (Å²) in [6.07, 6.45) is 21.6. The number of alkyl halides is 3. The largest absolute Gasteiger partial charge is 0.523 e. The number of benzene rings is 1. The maximum Gasteiger partial charge on any atom is 0.523 e. The van der Waals surface area contributed by atoms with Crippen molar-refractivity contribution < 1.29 is 40.2 Å². The number of unbranched alkanes of at least 4 members (excludes halogenated alkanes) is 15. The van der Waals surface area contributed by atoms with E-state index in [2.05, 4.69) is 10.6 Å². The van der Waals surface area contributed by atoms with E-state index in [0.717, 1.165) is 24.8 Å². The van der Waals surface area contributed by atoms with Gasteiger partial charge in [0.2, 0.25) is 0 Å². The number of aryl methyl sites for hydroxylation is 1. The van der Waals surface area contributed by atoms with Crippen molar-refractivity contribution in [2.45, 2.75) is 122 Å². The number of aliphatic hydroxyl groups is 2. The lowest BCUT2D eigenvalue weighted by Gasteiger charge is -2.37. The van der Waals surface area contributed by atoms with Crippen molar-refractivity contribution in [3.63, 3.8) is 0 Å². The van der Waals surface area contributed by atoms with Crippen LogP contribution in [0.1, 0.15) is 126 Å². The first-order valence-electron chi connectivity index (χ1n) is 15.6. The quantitative estimate of drug-likeness (QED) is 0.0600. The van der Waals surface area contributed by atoms with Gasteiger partial charge < -0.3 is 10.2 Å². The van der Waals surface area contributed by atoms with Crippen LogP contribution in [0.25, 0.3) is 0 Å². The lowest BCUT2D eigenvalue weighted by molar-refractivity contribution is -0.0496. The van der Waals surface area contributed by atoms with E-state index in [9.17, 15) is 36.6 Å². The number of halogens is 3. The maximum absolute atomic E-state index is 12.9. The molecule has 0 radical (unpaired) electrons. The van der Waals surface area contributed by atoms with E-state index < -0.39 is 62.2 Å². The van der Waals surface area contributed by atoms with E-state index in [1.165, 1.54) is 89.9 Å². The monoisotopic (exact) mass is 642 g/mol. The molecule has 0 saturated heterocycles. The van der Waals surface area contributed by atoms with Crippen LogP contribution in [0.15, 0.2) is 24.3 Å². The van der Waals surface area contributed by atoms with Crippen molar-refractivity contribution >= 4 is 26.2 Å². The predicted molar refractivity (Wildman–Crippen MR) is 166 cm³/mol. The van der Waals surface area contributed by atoms with Gasteiger partial charge in [0.15, 0.2) is 5.78 Å². The Labute approximate surface area is 253 Å². The number of ketones is 1. The van der Waals surface area contributed by atoms with E-state index in [4.69, 9.17) is 0 Å². The molecule has 1 aromatic carbocycles. The van der Waals surface area contributed by atoms with E-state index >= 15 is 0 Å². The third-order valence-electron chi connectivity index (χ3n) is 7.43. The third kappa shape index (κ3) is 16.1. The van der Waals surface area contributed by atoms with Crippen molar-refractivity contribution in [3.8, 4) is 0 Å². The summed E-state index contributed by atoms with van der Waals surface area (Å²) >= 11 is 0. The molecule has 1 rings (SSSR count). The molecule has 0 aliphatic carbocycles. The molecule has 0 aromatic heterocycles. The first kappa shape index (κ1) is 38.9. The Morgan fingerprint density at radius 1 is 0.714 bits per heavy atom. The van der Waals surface area contributed by atoms with Gasteiger partial charge in [-0.1, -0.05) is 128 Å². The number of aliphatic hydroxyl groups excluding tert-OH is 2. The van der Waals surface area contributed by atoms with Crippen LogP contribution in [-0.4, -0.2) is 60.4 Å². The number of hydrogen-bond acceptors (Lipinski definition) is 6. The molecule has 246 valence electrons. The highest BCUT2D eigenvalue weighted by Gasteiger charge is 2.51. The average molecular weight is 643 g/mol. The molecule has 2 N–H and O–H groups in total. The zero-order chi connectivity index (χ0) is 31.3. The molecule has 0 amide bonds. The number of rotatable bonds is 26. The molecule has 0 atom stereocenters. The normalized spacial score (nSPS) is 13.0. The predicted octanol–water partition coefficient (Wildman–Crippen LogP) is 8.24. The van der Waals surface area contributed by atoms with Gasteiger partial charge >= 0.3 is 15.6 Å². The van der Waals surface area contributed by atoms with Crippen LogP contribution in [-0.2, 0) is 20.2 Å². The van der Waals surface area contributed by atoms with E-state index in [1.807, 2.05) is 0 Å². The minimum atomic E-state index is -6.00. The molecular formula is C31H53F3O6S2. The molecule has 0 aliphatic heterocycles. The van der Waals surface area contributed by atoms with Gasteiger partial charge in [0.1, 0.15) is 0 Å². The fourth-order valence-corrected chi connectivity index (χ4v) is 9.32. The van der Waals surface area contributed by atoms with Gasteiger partial charge in [0, 0.05) is 17.1 Å². The first-order chi connectivity index (χ1) is 20.0. The summed E-state index contributed by atoms with van der Waals surface area (Å²) in [4.78, 5) is 12.9. The summed E-state index contributed by atoms with van der Waals surface area (Å²) in [5.74, 6) is -2.21. The zero-order valence-electron chi connectivity index (χ0n) is 25.3. The second kappa shape index (κ2) is 21.5. The molecule has 1 aromatic rings. The summed E-state index contributed by atoms with van der Waals surface area (Å²) in [5.41, 5.74) is -4.42. The summed E-state index contributed by atoms with van der Waals surface area (Å²) in [7, 11) is -9.29. The number of Topliss-reactive ketones (excluding diaryl/α,β-unsaturated/α-hetero) is 1. The van der Waals surface area contributed by atoms with Crippen molar-refractivity contribution in [2.75, 3.05) is 30.5 Å². The van der Waals surface area contributed by atoms with Crippen molar-refractivity contribution in [1.29, 1.82) is 0 Å². The molecule has 0 fully saturated rings. The minimum Gasteiger partial charge on any atom is -0.395 e. The van der Waals surface area contributed by atoms with Crippen LogP contribution in [0.4, 0.5) is 13.2 Å².